The first-order valence-corrected chi connectivity index (χ1v) is 10.6. The maximum absolute atomic E-state index is 12.2. The first-order chi connectivity index (χ1) is 14.6. The highest BCUT2D eigenvalue weighted by molar-refractivity contribution is 6.36. The molecule has 0 spiro atoms. The zero-order valence-corrected chi connectivity index (χ0v) is 17.7. The van der Waals surface area contributed by atoms with E-state index in [4.69, 9.17) is 23.2 Å². The Balaban J connectivity index is 1.38. The van der Waals surface area contributed by atoms with Crippen molar-refractivity contribution in [2.24, 2.45) is 0 Å². The highest BCUT2D eigenvalue weighted by Crippen LogP contribution is 2.26. The van der Waals surface area contributed by atoms with Gasteiger partial charge in [-0.15, -0.1) is 10.2 Å². The fourth-order valence-corrected chi connectivity index (χ4v) is 3.83. The number of anilines is 3. The number of hydrogen-bond acceptors (Lipinski definition) is 4. The molecule has 2 amide bonds. The Kier molecular flexibility index (Phi) is 6.35. The van der Waals surface area contributed by atoms with Crippen molar-refractivity contribution in [2.75, 3.05) is 28.6 Å². The average molecular weight is 442 g/mol. The number of nitrogens with one attached hydrogen (secondary N) is 2. The largest absolute Gasteiger partial charge is 0.355 e. The predicted octanol–water partition coefficient (Wildman–Crippen LogP) is 6.08. The van der Waals surface area contributed by atoms with Crippen LogP contribution in [-0.4, -0.2) is 29.3 Å². The van der Waals surface area contributed by atoms with E-state index in [1.54, 1.807) is 18.2 Å². The summed E-state index contributed by atoms with van der Waals surface area (Å²) in [6.45, 7) is 2.08. The van der Waals surface area contributed by atoms with Gasteiger partial charge in [0.05, 0.1) is 16.4 Å². The summed E-state index contributed by atoms with van der Waals surface area (Å²) in [5, 5.41) is 15.1. The van der Waals surface area contributed by atoms with Gasteiger partial charge in [-0.05, 0) is 61.7 Å². The van der Waals surface area contributed by atoms with Crippen LogP contribution in [0.2, 0.25) is 10.0 Å². The highest BCUT2D eigenvalue weighted by Gasteiger charge is 2.13. The number of piperidine rings is 1. The molecule has 1 aliphatic rings. The normalized spacial score (nSPS) is 13.7. The van der Waals surface area contributed by atoms with Gasteiger partial charge in [-0.3, -0.25) is 0 Å². The van der Waals surface area contributed by atoms with Crippen molar-refractivity contribution in [1.82, 2.24) is 10.2 Å². The van der Waals surface area contributed by atoms with Crippen molar-refractivity contribution < 1.29 is 4.79 Å². The van der Waals surface area contributed by atoms with Crippen LogP contribution in [0.5, 0.6) is 0 Å². The van der Waals surface area contributed by atoms with E-state index in [2.05, 4.69) is 25.7 Å². The van der Waals surface area contributed by atoms with Crippen LogP contribution in [0.1, 0.15) is 19.3 Å². The molecule has 8 heteroatoms. The fourth-order valence-electron chi connectivity index (χ4n) is 3.37. The number of carbonyl (C=O) groups excluding carboxylic acids is 1. The van der Waals surface area contributed by atoms with Crippen molar-refractivity contribution in [2.45, 2.75) is 19.3 Å². The minimum atomic E-state index is -0.391. The van der Waals surface area contributed by atoms with Crippen LogP contribution in [0.25, 0.3) is 11.3 Å². The third kappa shape index (κ3) is 5.01. The molecule has 2 heterocycles. The molecule has 6 nitrogen and oxygen atoms in total. The zero-order valence-electron chi connectivity index (χ0n) is 16.2. The molecule has 1 aliphatic heterocycles. The summed E-state index contributed by atoms with van der Waals surface area (Å²) in [4.78, 5) is 14.5. The van der Waals surface area contributed by atoms with E-state index in [0.29, 0.717) is 21.4 Å². The number of aromatic nitrogens is 2. The molecule has 30 heavy (non-hydrogen) atoms. The minimum Gasteiger partial charge on any atom is -0.355 e. The number of amides is 2. The topological polar surface area (TPSA) is 70.2 Å². The van der Waals surface area contributed by atoms with E-state index in [-0.39, 0.29) is 0 Å². The van der Waals surface area contributed by atoms with Crippen molar-refractivity contribution in [3.8, 4) is 11.3 Å². The molecule has 3 aromatic rings. The van der Waals surface area contributed by atoms with Crippen LogP contribution >= 0.6 is 23.2 Å². The summed E-state index contributed by atoms with van der Waals surface area (Å²) in [5.74, 6) is 0.925. The summed E-state index contributed by atoms with van der Waals surface area (Å²) >= 11 is 12.0. The SMILES string of the molecule is O=C(Nc1ccc(-c2ccc(N3CCCCC3)nn2)cc1)Nc1ccc(Cl)cc1Cl. The van der Waals surface area contributed by atoms with E-state index < -0.39 is 6.03 Å². The Bertz CT molecular complexity index is 1020. The van der Waals surface area contributed by atoms with Crippen LogP contribution in [0.3, 0.4) is 0 Å². The van der Waals surface area contributed by atoms with Gasteiger partial charge in [0.15, 0.2) is 5.82 Å². The lowest BCUT2D eigenvalue weighted by molar-refractivity contribution is 0.262. The standard InChI is InChI=1S/C22H21Cl2N5O/c23-16-6-9-20(18(24)14-16)26-22(30)25-17-7-4-15(5-8-17)19-10-11-21(28-27-19)29-12-2-1-3-13-29/h4-11,14H,1-3,12-13H2,(H2,25,26,30). The third-order valence-corrected chi connectivity index (χ3v) is 5.50. The summed E-state index contributed by atoms with van der Waals surface area (Å²) in [6.07, 6.45) is 3.69. The molecule has 0 unspecified atom stereocenters. The van der Waals surface area contributed by atoms with Gasteiger partial charge >= 0.3 is 6.03 Å². The smallest absolute Gasteiger partial charge is 0.323 e. The van der Waals surface area contributed by atoms with E-state index in [9.17, 15) is 4.79 Å². The number of urea groups is 1. The van der Waals surface area contributed by atoms with Gasteiger partial charge in [0.2, 0.25) is 0 Å². The molecule has 1 aromatic heterocycles. The van der Waals surface area contributed by atoms with E-state index >= 15 is 0 Å². The van der Waals surface area contributed by atoms with Gasteiger partial charge in [-0.1, -0.05) is 35.3 Å². The maximum Gasteiger partial charge on any atom is 0.323 e. The quantitative estimate of drug-likeness (QED) is 0.514. The minimum absolute atomic E-state index is 0.375. The maximum atomic E-state index is 12.2. The number of benzene rings is 2. The van der Waals surface area contributed by atoms with Gasteiger partial charge in [0.1, 0.15) is 0 Å². The molecule has 1 saturated heterocycles. The van der Waals surface area contributed by atoms with Crippen LogP contribution < -0.4 is 15.5 Å². The molecule has 1 fully saturated rings. The molecule has 0 aliphatic carbocycles. The zero-order chi connectivity index (χ0) is 20.9. The Labute approximate surface area is 185 Å². The Morgan fingerprint density at radius 2 is 1.63 bits per heavy atom. The average Bonchev–Trinajstić information content (AvgIpc) is 2.77. The molecule has 4 rings (SSSR count). The van der Waals surface area contributed by atoms with Crippen molar-refractivity contribution in [1.29, 1.82) is 0 Å². The van der Waals surface area contributed by atoms with Gasteiger partial charge in [-0.25, -0.2) is 4.79 Å². The van der Waals surface area contributed by atoms with Crippen molar-refractivity contribution in [3.63, 3.8) is 0 Å². The summed E-state index contributed by atoms with van der Waals surface area (Å²) in [7, 11) is 0. The number of nitrogens with zero attached hydrogens (tertiary/aromatic N) is 3. The van der Waals surface area contributed by atoms with Crippen LogP contribution in [0.15, 0.2) is 54.6 Å². The van der Waals surface area contributed by atoms with Gasteiger partial charge in [0.25, 0.3) is 0 Å². The molecule has 0 atom stereocenters. The van der Waals surface area contributed by atoms with Crippen LogP contribution in [0.4, 0.5) is 22.0 Å². The Morgan fingerprint density at radius 1 is 0.867 bits per heavy atom. The highest BCUT2D eigenvalue weighted by atomic mass is 35.5. The van der Waals surface area contributed by atoms with Crippen molar-refractivity contribution in [3.05, 3.63) is 64.6 Å². The second-order valence-corrected chi connectivity index (χ2v) is 7.95. The van der Waals surface area contributed by atoms with Gasteiger partial charge < -0.3 is 15.5 Å². The molecule has 2 aromatic carbocycles. The summed E-state index contributed by atoms with van der Waals surface area (Å²) < 4.78 is 0. The van der Waals surface area contributed by atoms with E-state index in [0.717, 1.165) is 30.2 Å². The number of carbonyl (C=O) groups is 1. The van der Waals surface area contributed by atoms with Crippen LogP contribution in [-0.2, 0) is 0 Å². The van der Waals surface area contributed by atoms with Gasteiger partial charge in [-0.2, -0.15) is 0 Å². The lowest BCUT2D eigenvalue weighted by Gasteiger charge is -2.27. The molecular weight excluding hydrogens is 421 g/mol. The second-order valence-electron chi connectivity index (χ2n) is 7.11. The fraction of sp³-hybridized carbons (Fsp3) is 0.227. The number of halogens is 2. The van der Waals surface area contributed by atoms with Gasteiger partial charge in [0, 0.05) is 29.4 Å². The van der Waals surface area contributed by atoms with E-state index in [1.165, 1.54) is 19.3 Å². The molecule has 0 radical (unpaired) electrons. The first kappa shape index (κ1) is 20.4. The third-order valence-electron chi connectivity index (χ3n) is 4.95. The molecule has 2 N–H and O–H groups in total. The lowest BCUT2D eigenvalue weighted by atomic mass is 10.1. The second kappa shape index (κ2) is 9.32. The molecule has 154 valence electrons. The van der Waals surface area contributed by atoms with Crippen molar-refractivity contribution >= 4 is 46.4 Å². The predicted molar refractivity (Wildman–Crippen MR) is 123 cm³/mol. The first-order valence-electron chi connectivity index (χ1n) is 9.81. The molecule has 0 saturated carbocycles. The Morgan fingerprint density at radius 3 is 2.30 bits per heavy atom. The Hall–Kier alpha value is -2.83. The summed E-state index contributed by atoms with van der Waals surface area (Å²) in [5.41, 5.74) is 2.86. The molecule has 0 bridgehead atoms. The van der Waals surface area contributed by atoms with E-state index in [1.807, 2.05) is 36.4 Å². The summed E-state index contributed by atoms with van der Waals surface area (Å²) in [6, 6.07) is 15.9. The number of hydrogen-bond donors (Lipinski definition) is 2. The molecular formula is C22H21Cl2N5O. The van der Waals surface area contributed by atoms with Crippen LogP contribution in [0, 0.1) is 0 Å². The monoisotopic (exact) mass is 441 g/mol. The lowest BCUT2D eigenvalue weighted by Crippen LogP contribution is -2.30. The number of rotatable bonds is 4.